The topological polar surface area (TPSA) is 63.1 Å². The van der Waals surface area contributed by atoms with Gasteiger partial charge in [0.05, 0.1) is 16.8 Å². The maximum atomic E-state index is 12.8. The molecular formula is C18H21ClF3N5O. The van der Waals surface area contributed by atoms with Crippen molar-refractivity contribution in [3.63, 3.8) is 0 Å². The summed E-state index contributed by atoms with van der Waals surface area (Å²) in [6, 6.07) is 2.76. The lowest BCUT2D eigenvalue weighted by atomic mass is 9.96. The molecule has 28 heavy (non-hydrogen) atoms. The summed E-state index contributed by atoms with van der Waals surface area (Å²) in [6.45, 7) is 4.92. The Kier molecular flexibility index (Phi) is 5.83. The molecule has 0 radical (unpaired) electrons. The van der Waals surface area contributed by atoms with E-state index in [0.717, 1.165) is 12.3 Å². The van der Waals surface area contributed by atoms with Crippen LogP contribution in [-0.4, -0.2) is 33.8 Å². The van der Waals surface area contributed by atoms with E-state index in [2.05, 4.69) is 15.4 Å². The van der Waals surface area contributed by atoms with Crippen LogP contribution in [-0.2, 0) is 11.0 Å². The lowest BCUT2D eigenvalue weighted by Gasteiger charge is -2.32. The van der Waals surface area contributed by atoms with Crippen molar-refractivity contribution in [3.05, 3.63) is 35.1 Å². The molecule has 2 aromatic rings. The van der Waals surface area contributed by atoms with Crippen molar-refractivity contribution in [1.29, 1.82) is 0 Å². The highest BCUT2D eigenvalue weighted by molar-refractivity contribution is 6.33. The van der Waals surface area contributed by atoms with Crippen LogP contribution in [0.3, 0.4) is 0 Å². The smallest absolute Gasteiger partial charge is 0.355 e. The fraction of sp³-hybridized carbons (Fsp3) is 0.500. The van der Waals surface area contributed by atoms with E-state index in [1.165, 1.54) is 0 Å². The van der Waals surface area contributed by atoms with E-state index >= 15 is 0 Å². The van der Waals surface area contributed by atoms with E-state index in [1.807, 2.05) is 18.7 Å². The van der Waals surface area contributed by atoms with Gasteiger partial charge in [0.1, 0.15) is 11.6 Å². The molecule has 1 N–H and O–H groups in total. The third-order valence-electron chi connectivity index (χ3n) is 4.73. The molecule has 152 valence electrons. The zero-order valence-electron chi connectivity index (χ0n) is 15.5. The van der Waals surface area contributed by atoms with E-state index < -0.39 is 11.7 Å². The Morgan fingerprint density at radius 2 is 2.00 bits per heavy atom. The minimum Gasteiger partial charge on any atom is -0.355 e. The minimum atomic E-state index is -4.48. The SMILES string of the molecule is CC(C)n1nccc1NC(=O)C1CCN(c2ncc(C(F)(F)F)cc2Cl)CC1. The molecule has 0 aromatic carbocycles. The molecule has 1 aliphatic rings. The zero-order valence-corrected chi connectivity index (χ0v) is 16.3. The number of amides is 1. The summed E-state index contributed by atoms with van der Waals surface area (Å²) in [6.07, 6.45) is -0.951. The molecule has 0 atom stereocenters. The lowest BCUT2D eigenvalue weighted by molar-refractivity contribution is -0.137. The molecule has 3 heterocycles. The number of carbonyl (C=O) groups is 1. The highest BCUT2D eigenvalue weighted by Crippen LogP contribution is 2.34. The number of carbonyl (C=O) groups excluding carboxylic acids is 1. The van der Waals surface area contributed by atoms with Gasteiger partial charge in [0, 0.05) is 37.3 Å². The molecule has 10 heteroatoms. The van der Waals surface area contributed by atoms with Gasteiger partial charge < -0.3 is 10.2 Å². The number of hydrogen-bond donors (Lipinski definition) is 1. The van der Waals surface area contributed by atoms with Crippen LogP contribution in [0.15, 0.2) is 24.5 Å². The summed E-state index contributed by atoms with van der Waals surface area (Å²) in [7, 11) is 0. The molecule has 1 aliphatic heterocycles. The van der Waals surface area contributed by atoms with Crippen molar-refractivity contribution < 1.29 is 18.0 Å². The Labute approximate surface area is 165 Å². The van der Waals surface area contributed by atoms with Crippen LogP contribution in [0.2, 0.25) is 5.02 Å². The number of nitrogens with zero attached hydrogens (tertiary/aromatic N) is 4. The summed E-state index contributed by atoms with van der Waals surface area (Å²) < 4.78 is 40.0. The highest BCUT2D eigenvalue weighted by Gasteiger charge is 2.33. The average Bonchev–Trinajstić information content (AvgIpc) is 3.09. The van der Waals surface area contributed by atoms with Gasteiger partial charge in [0.25, 0.3) is 0 Å². The number of aromatic nitrogens is 3. The van der Waals surface area contributed by atoms with Gasteiger partial charge in [-0.2, -0.15) is 18.3 Å². The third kappa shape index (κ3) is 4.40. The van der Waals surface area contributed by atoms with Crippen molar-refractivity contribution in [1.82, 2.24) is 14.8 Å². The van der Waals surface area contributed by atoms with Crippen molar-refractivity contribution >= 4 is 29.1 Å². The number of alkyl halides is 3. The minimum absolute atomic E-state index is 0.0430. The van der Waals surface area contributed by atoms with Gasteiger partial charge in [-0.25, -0.2) is 9.67 Å². The van der Waals surface area contributed by atoms with Gasteiger partial charge in [-0.05, 0) is 32.8 Å². The van der Waals surface area contributed by atoms with E-state index in [-0.39, 0.29) is 22.9 Å². The Balaban J connectivity index is 1.61. The maximum Gasteiger partial charge on any atom is 0.417 e. The van der Waals surface area contributed by atoms with E-state index in [9.17, 15) is 18.0 Å². The molecular weight excluding hydrogens is 395 g/mol. The molecule has 0 unspecified atom stereocenters. The van der Waals surface area contributed by atoms with Crippen LogP contribution in [0, 0.1) is 5.92 Å². The van der Waals surface area contributed by atoms with Gasteiger partial charge in [0.15, 0.2) is 0 Å². The number of halogens is 4. The molecule has 0 saturated carbocycles. The van der Waals surface area contributed by atoms with Crippen molar-refractivity contribution in [2.24, 2.45) is 5.92 Å². The first-order valence-corrected chi connectivity index (χ1v) is 9.36. The average molecular weight is 416 g/mol. The fourth-order valence-corrected chi connectivity index (χ4v) is 3.51. The highest BCUT2D eigenvalue weighted by atomic mass is 35.5. The van der Waals surface area contributed by atoms with E-state index in [1.54, 1.807) is 16.9 Å². The molecule has 0 spiro atoms. The summed E-state index contributed by atoms with van der Waals surface area (Å²) in [4.78, 5) is 18.3. The fourth-order valence-electron chi connectivity index (χ4n) is 3.22. The number of anilines is 2. The second kappa shape index (κ2) is 7.98. The number of pyridine rings is 1. The largest absolute Gasteiger partial charge is 0.417 e. The molecule has 0 aliphatic carbocycles. The summed E-state index contributed by atoms with van der Waals surface area (Å²) in [5.74, 6) is 0.676. The van der Waals surface area contributed by atoms with Crippen molar-refractivity contribution in [3.8, 4) is 0 Å². The maximum absolute atomic E-state index is 12.8. The molecule has 6 nitrogen and oxygen atoms in total. The monoisotopic (exact) mass is 415 g/mol. The zero-order chi connectivity index (χ0) is 20.5. The van der Waals surface area contributed by atoms with E-state index in [0.29, 0.717) is 37.6 Å². The Bertz CT molecular complexity index is 844. The molecule has 1 fully saturated rings. The van der Waals surface area contributed by atoms with Crippen molar-refractivity contribution in [2.45, 2.75) is 38.9 Å². The second-order valence-corrected chi connectivity index (χ2v) is 7.44. The van der Waals surface area contributed by atoms with Crippen LogP contribution in [0.1, 0.15) is 38.3 Å². The predicted molar refractivity (Wildman–Crippen MR) is 100 cm³/mol. The normalized spacial score (nSPS) is 15.9. The van der Waals surface area contributed by atoms with Crippen molar-refractivity contribution in [2.75, 3.05) is 23.3 Å². The first-order chi connectivity index (χ1) is 13.2. The predicted octanol–water partition coefficient (Wildman–Crippen LogP) is 4.39. The Morgan fingerprint density at radius 3 is 2.57 bits per heavy atom. The standard InChI is InChI=1S/C18H21ClF3N5O/c1-11(2)27-15(3-6-24-27)25-17(28)12-4-7-26(8-5-12)16-14(19)9-13(10-23-16)18(20,21)22/h3,6,9-12H,4-5,7-8H2,1-2H3,(H,25,28). The quantitative estimate of drug-likeness (QED) is 0.804. The second-order valence-electron chi connectivity index (χ2n) is 7.03. The third-order valence-corrected chi connectivity index (χ3v) is 5.00. The first-order valence-electron chi connectivity index (χ1n) is 8.99. The first kappa shape index (κ1) is 20.4. The Morgan fingerprint density at radius 1 is 1.32 bits per heavy atom. The van der Waals surface area contributed by atoms with Gasteiger partial charge in [-0.15, -0.1) is 0 Å². The van der Waals surface area contributed by atoms with Gasteiger partial charge in [-0.3, -0.25) is 4.79 Å². The van der Waals surface area contributed by atoms with Gasteiger partial charge >= 0.3 is 6.18 Å². The molecule has 1 amide bonds. The molecule has 3 rings (SSSR count). The van der Waals surface area contributed by atoms with Gasteiger partial charge in [0.2, 0.25) is 5.91 Å². The number of rotatable bonds is 4. The summed E-state index contributed by atoms with van der Waals surface area (Å²) >= 11 is 6.02. The number of hydrogen-bond acceptors (Lipinski definition) is 4. The molecule has 1 saturated heterocycles. The van der Waals surface area contributed by atoms with Crippen LogP contribution >= 0.6 is 11.6 Å². The molecule has 2 aromatic heterocycles. The summed E-state index contributed by atoms with van der Waals surface area (Å²) in [5, 5.41) is 7.06. The summed E-state index contributed by atoms with van der Waals surface area (Å²) in [5.41, 5.74) is -0.878. The van der Waals surface area contributed by atoms with Crippen LogP contribution in [0.5, 0.6) is 0 Å². The van der Waals surface area contributed by atoms with Crippen LogP contribution in [0.4, 0.5) is 24.8 Å². The number of piperidine rings is 1. The number of nitrogens with one attached hydrogen (secondary N) is 1. The van der Waals surface area contributed by atoms with Crippen LogP contribution < -0.4 is 10.2 Å². The van der Waals surface area contributed by atoms with Gasteiger partial charge in [-0.1, -0.05) is 11.6 Å². The Hall–Kier alpha value is -2.29. The lowest BCUT2D eigenvalue weighted by Crippen LogP contribution is -2.39. The van der Waals surface area contributed by atoms with E-state index in [4.69, 9.17) is 11.6 Å². The van der Waals surface area contributed by atoms with Crippen LogP contribution in [0.25, 0.3) is 0 Å². The molecule has 0 bridgehead atoms.